The van der Waals surface area contributed by atoms with E-state index in [1.165, 1.54) is 12.8 Å². The molecule has 8 rings (SSSR count). The zero-order valence-electron chi connectivity index (χ0n) is 29.3. The van der Waals surface area contributed by atoms with Gasteiger partial charge >= 0.3 is 0 Å². The van der Waals surface area contributed by atoms with Gasteiger partial charge in [-0.3, -0.25) is 19.7 Å². The molecule has 4 aliphatic carbocycles. The highest BCUT2D eigenvalue weighted by atomic mass is 16.7. The van der Waals surface area contributed by atoms with Crippen molar-refractivity contribution >= 4 is 17.6 Å². The first-order valence-corrected chi connectivity index (χ1v) is 18.9. The molecule has 1 aromatic rings. The van der Waals surface area contributed by atoms with Crippen molar-refractivity contribution in [2.24, 2.45) is 52.3 Å². The molecule has 3 heterocycles. The number of hydrogen-bond acceptors (Lipinski definition) is 7. The van der Waals surface area contributed by atoms with E-state index in [9.17, 15) is 14.4 Å². The summed E-state index contributed by atoms with van der Waals surface area (Å²) >= 11 is 0. The van der Waals surface area contributed by atoms with E-state index in [1.807, 2.05) is 18.2 Å². The minimum Gasteiger partial charge on any atom is -0.454 e. The Kier molecular flexibility index (Phi) is 8.13. The fourth-order valence-corrected chi connectivity index (χ4v) is 12.2. The van der Waals surface area contributed by atoms with Gasteiger partial charge in [-0.15, -0.1) is 0 Å². The van der Waals surface area contributed by atoms with Crippen LogP contribution >= 0.6 is 0 Å². The molecule has 0 radical (unpaired) electrons. The van der Waals surface area contributed by atoms with Crippen molar-refractivity contribution in [2.45, 2.75) is 116 Å². The smallest absolute Gasteiger partial charge is 0.231 e. The van der Waals surface area contributed by atoms with Gasteiger partial charge in [0.1, 0.15) is 17.9 Å². The molecule has 48 heavy (non-hydrogen) atoms. The summed E-state index contributed by atoms with van der Waals surface area (Å²) in [6.07, 6.45) is 9.81. The second-order valence-corrected chi connectivity index (χ2v) is 17.2. The van der Waals surface area contributed by atoms with Gasteiger partial charge in [-0.05, 0) is 110 Å². The van der Waals surface area contributed by atoms with Crippen LogP contribution < -0.4 is 25.4 Å². The predicted molar refractivity (Wildman–Crippen MR) is 180 cm³/mol. The van der Waals surface area contributed by atoms with Crippen LogP contribution in [0.3, 0.4) is 0 Å². The molecule has 4 saturated carbocycles. The van der Waals surface area contributed by atoms with Gasteiger partial charge in [0.25, 0.3) is 0 Å². The summed E-state index contributed by atoms with van der Waals surface area (Å²) in [5.41, 5.74) is 0.610. The Hall–Kier alpha value is -2.65. The molecule has 3 aliphatic heterocycles. The molecule has 1 aromatic carbocycles. The zero-order chi connectivity index (χ0) is 33.4. The molecular weight excluding hydrogens is 606 g/mol. The Morgan fingerprint density at radius 3 is 2.62 bits per heavy atom. The van der Waals surface area contributed by atoms with E-state index in [2.05, 4.69) is 43.6 Å². The van der Waals surface area contributed by atoms with Gasteiger partial charge in [0.2, 0.25) is 18.6 Å². The van der Waals surface area contributed by atoms with Crippen molar-refractivity contribution in [1.82, 2.24) is 16.0 Å². The van der Waals surface area contributed by atoms with Crippen LogP contribution in [0.25, 0.3) is 0 Å². The average Bonchev–Trinajstić information content (AvgIpc) is 3.72. The highest BCUT2D eigenvalue weighted by molar-refractivity contribution is 5.97. The third-order valence-corrected chi connectivity index (χ3v) is 14.9. The number of piperidine rings is 1. The molecule has 3 N–H and O–H groups in total. The fourth-order valence-electron chi connectivity index (χ4n) is 12.2. The van der Waals surface area contributed by atoms with Gasteiger partial charge in [0.05, 0.1) is 6.10 Å². The third-order valence-electron chi connectivity index (χ3n) is 14.9. The van der Waals surface area contributed by atoms with Gasteiger partial charge in [-0.2, -0.15) is 0 Å². The number of ketones is 1. The van der Waals surface area contributed by atoms with Gasteiger partial charge < -0.3 is 24.8 Å². The monoisotopic (exact) mass is 661 g/mol. The summed E-state index contributed by atoms with van der Waals surface area (Å²) in [6, 6.07) is 5.87. The minimum atomic E-state index is -0.293. The standard InChI is InChI=1S/C39H55N3O6/c1-22-9-13-39(41-20-22)23(2)36-32(48-39)17-29-27-7-6-25-16-26(10-12-37(25,3)28(27)18-33(43)38(29,36)4)42-35(45)19-34(44)40-14-11-24-5-8-30-31(15-24)47-21-46-30/h5,8,15,22-23,25-29,32,36,41H,6-7,9-14,16-21H2,1-4H3,(H,40,44)(H,42,45)/t22-,23+,25+,26+,27-,28+,29+,32+,36+,37+,38-,39-/m1/s1. The number of amides is 2. The van der Waals surface area contributed by atoms with Crippen LogP contribution in [0.5, 0.6) is 11.5 Å². The minimum absolute atomic E-state index is 0.0834. The van der Waals surface area contributed by atoms with Gasteiger partial charge in [0.15, 0.2) is 11.5 Å². The van der Waals surface area contributed by atoms with E-state index >= 15 is 0 Å². The Bertz CT molecular complexity index is 1460. The Balaban J connectivity index is 0.851. The maximum Gasteiger partial charge on any atom is 0.231 e. The van der Waals surface area contributed by atoms with Gasteiger partial charge in [-0.25, -0.2) is 0 Å². The summed E-state index contributed by atoms with van der Waals surface area (Å²) in [6.45, 7) is 11.1. The number of rotatable bonds is 6. The molecule has 6 fully saturated rings. The summed E-state index contributed by atoms with van der Waals surface area (Å²) < 4.78 is 17.8. The van der Waals surface area contributed by atoms with Crippen LogP contribution in [0, 0.1) is 52.3 Å². The Labute approximate surface area is 285 Å². The maximum absolute atomic E-state index is 14.4. The number of benzene rings is 1. The Morgan fingerprint density at radius 2 is 1.81 bits per heavy atom. The number of hydrogen-bond donors (Lipinski definition) is 3. The van der Waals surface area contributed by atoms with Crippen LogP contribution in [0.4, 0.5) is 0 Å². The number of fused-ring (bicyclic) bond motifs is 8. The molecule has 2 amide bonds. The van der Waals surface area contributed by atoms with E-state index in [0.717, 1.165) is 62.1 Å². The molecule has 0 aromatic heterocycles. The molecule has 2 saturated heterocycles. The topological polar surface area (TPSA) is 115 Å². The fraction of sp³-hybridized carbons (Fsp3) is 0.769. The summed E-state index contributed by atoms with van der Waals surface area (Å²) in [4.78, 5) is 39.9. The normalized spacial score (nSPS) is 44.0. The first-order chi connectivity index (χ1) is 23.0. The van der Waals surface area contributed by atoms with Crippen molar-refractivity contribution in [3.05, 3.63) is 23.8 Å². The lowest BCUT2D eigenvalue weighted by atomic mass is 9.44. The van der Waals surface area contributed by atoms with Gasteiger partial charge in [-0.1, -0.05) is 33.8 Å². The van der Waals surface area contributed by atoms with Crippen LogP contribution in [0.15, 0.2) is 18.2 Å². The van der Waals surface area contributed by atoms with Crippen molar-refractivity contribution in [1.29, 1.82) is 0 Å². The molecule has 262 valence electrons. The third kappa shape index (κ3) is 5.19. The number of nitrogens with one attached hydrogen (secondary N) is 3. The van der Waals surface area contributed by atoms with Crippen molar-refractivity contribution in [3.8, 4) is 11.5 Å². The lowest BCUT2D eigenvalue weighted by Gasteiger charge is -2.60. The predicted octanol–water partition coefficient (Wildman–Crippen LogP) is 5.15. The first kappa shape index (κ1) is 32.5. The van der Waals surface area contributed by atoms with E-state index in [-0.39, 0.29) is 53.7 Å². The molecule has 12 atom stereocenters. The zero-order valence-corrected chi connectivity index (χ0v) is 29.3. The largest absolute Gasteiger partial charge is 0.454 e. The highest BCUT2D eigenvalue weighted by Crippen LogP contribution is 2.70. The van der Waals surface area contributed by atoms with Gasteiger partial charge in [0, 0.05) is 42.8 Å². The second-order valence-electron chi connectivity index (χ2n) is 17.2. The van der Waals surface area contributed by atoms with E-state index < -0.39 is 0 Å². The van der Waals surface area contributed by atoms with Crippen LogP contribution in [0.1, 0.15) is 97.5 Å². The molecule has 9 nitrogen and oxygen atoms in total. The van der Waals surface area contributed by atoms with E-state index in [1.54, 1.807) is 0 Å². The quantitative estimate of drug-likeness (QED) is 0.362. The average molecular weight is 662 g/mol. The molecule has 7 aliphatic rings. The number of Topliss-reactive ketones (excluding diaryl/α,β-unsaturated/α-hetero) is 1. The molecule has 0 bridgehead atoms. The molecule has 9 heteroatoms. The summed E-state index contributed by atoms with van der Waals surface area (Å²) in [7, 11) is 0. The molecule has 1 spiro atoms. The van der Waals surface area contributed by atoms with Crippen molar-refractivity contribution in [3.63, 3.8) is 0 Å². The van der Waals surface area contributed by atoms with Crippen LogP contribution in [-0.2, 0) is 25.5 Å². The lowest BCUT2D eigenvalue weighted by Crippen LogP contribution is -2.60. The van der Waals surface area contributed by atoms with Crippen LogP contribution in [0.2, 0.25) is 0 Å². The van der Waals surface area contributed by atoms with Crippen molar-refractivity contribution in [2.75, 3.05) is 19.9 Å². The van der Waals surface area contributed by atoms with E-state index in [0.29, 0.717) is 66.6 Å². The summed E-state index contributed by atoms with van der Waals surface area (Å²) in [5, 5.41) is 9.90. The number of carbonyl (C=O) groups excluding carboxylic acids is 3. The highest BCUT2D eigenvalue weighted by Gasteiger charge is 2.71. The lowest BCUT2D eigenvalue weighted by molar-refractivity contribution is -0.160. The molecule has 0 unspecified atom stereocenters. The number of carbonyl (C=O) groups is 3. The molecular formula is C39H55N3O6. The number of ether oxygens (including phenoxy) is 3. The SMILES string of the molecule is C[C@@H]1CC[C@@]2(NC1)O[C@H]1C[C@H]3[C@@H]4CC[C@H]5C[C@@H](NC(=O)CC(=O)NCCc6ccc7c(c6)OCO7)CC[C@]5(C)[C@H]4CC(=O)[C@]3(C)[C@H]1[C@@H]2C. The van der Waals surface area contributed by atoms with Crippen molar-refractivity contribution < 1.29 is 28.6 Å². The summed E-state index contributed by atoms with van der Waals surface area (Å²) in [5.74, 6) is 4.69. The maximum atomic E-state index is 14.4. The van der Waals surface area contributed by atoms with E-state index in [4.69, 9.17) is 14.2 Å². The first-order valence-electron chi connectivity index (χ1n) is 18.9. The second kappa shape index (κ2) is 12.0. The Morgan fingerprint density at radius 1 is 0.979 bits per heavy atom. The van der Waals surface area contributed by atoms with Crippen LogP contribution in [-0.4, -0.2) is 55.4 Å².